The average molecular weight is 247 g/mol. The van der Waals surface area contributed by atoms with Gasteiger partial charge in [0.1, 0.15) is 12.1 Å². The van der Waals surface area contributed by atoms with Gasteiger partial charge >= 0.3 is 0 Å². The number of nitrogen functional groups attached to an aromatic ring is 1. The van der Waals surface area contributed by atoms with Gasteiger partial charge in [0.25, 0.3) is 5.91 Å². The second-order valence-electron chi connectivity index (χ2n) is 3.68. The van der Waals surface area contributed by atoms with Crippen LogP contribution < -0.4 is 11.1 Å². The van der Waals surface area contributed by atoms with Crippen LogP contribution in [0.15, 0.2) is 18.5 Å². The van der Waals surface area contributed by atoms with Crippen LogP contribution in [0.25, 0.3) is 0 Å². The maximum absolute atomic E-state index is 11.7. The third-order valence-corrected chi connectivity index (χ3v) is 2.20. The summed E-state index contributed by atoms with van der Waals surface area (Å²) in [6.45, 7) is 0.439. The Morgan fingerprint density at radius 1 is 1.44 bits per heavy atom. The van der Waals surface area contributed by atoms with Crippen LogP contribution in [0.5, 0.6) is 0 Å². The van der Waals surface area contributed by atoms with Gasteiger partial charge in [0, 0.05) is 20.0 Å². The van der Waals surface area contributed by atoms with Crippen molar-refractivity contribution in [1.29, 1.82) is 0 Å². The molecule has 0 atom stereocenters. The van der Waals surface area contributed by atoms with Crippen molar-refractivity contribution in [2.24, 2.45) is 7.05 Å². The van der Waals surface area contributed by atoms with Crippen LogP contribution in [0.1, 0.15) is 16.3 Å². The first-order chi connectivity index (χ1) is 8.65. The van der Waals surface area contributed by atoms with Gasteiger partial charge in [-0.25, -0.2) is 4.98 Å². The Morgan fingerprint density at radius 2 is 2.28 bits per heavy atom. The van der Waals surface area contributed by atoms with Crippen LogP contribution in [0, 0.1) is 0 Å². The predicted octanol–water partition coefficient (Wildman–Crippen LogP) is -0.840. The van der Waals surface area contributed by atoms with Gasteiger partial charge in [-0.2, -0.15) is 5.10 Å². The van der Waals surface area contributed by atoms with Gasteiger partial charge < -0.3 is 11.1 Å². The fraction of sp³-hybridized carbons (Fsp3) is 0.300. The summed E-state index contributed by atoms with van der Waals surface area (Å²) in [5.41, 5.74) is 5.62. The Hall–Kier alpha value is -2.51. The van der Waals surface area contributed by atoms with Crippen molar-refractivity contribution in [3.05, 3.63) is 30.0 Å². The first kappa shape index (κ1) is 12.0. The molecule has 8 heteroatoms. The second-order valence-corrected chi connectivity index (χ2v) is 3.68. The van der Waals surface area contributed by atoms with Crippen molar-refractivity contribution in [1.82, 2.24) is 30.3 Å². The molecular formula is C10H13N7O. The first-order valence-electron chi connectivity index (χ1n) is 5.37. The van der Waals surface area contributed by atoms with Crippen molar-refractivity contribution < 1.29 is 4.79 Å². The fourth-order valence-corrected chi connectivity index (χ4v) is 1.34. The monoisotopic (exact) mass is 247 g/mol. The maximum atomic E-state index is 11.7. The van der Waals surface area contributed by atoms with Gasteiger partial charge in [-0.05, 0) is 12.1 Å². The van der Waals surface area contributed by atoms with E-state index in [0.29, 0.717) is 18.8 Å². The molecule has 94 valence electrons. The van der Waals surface area contributed by atoms with Crippen molar-refractivity contribution in [3.63, 3.8) is 0 Å². The molecule has 0 saturated heterocycles. The van der Waals surface area contributed by atoms with Crippen LogP contribution in [0.2, 0.25) is 0 Å². The molecule has 2 heterocycles. The summed E-state index contributed by atoms with van der Waals surface area (Å²) in [6, 6.07) is 3.05. The first-order valence-corrected chi connectivity index (χ1v) is 5.37. The highest BCUT2D eigenvalue weighted by Gasteiger charge is 2.07. The number of amides is 1. The summed E-state index contributed by atoms with van der Waals surface area (Å²) in [5.74, 6) is 0.670. The van der Waals surface area contributed by atoms with Crippen LogP contribution in [-0.2, 0) is 13.5 Å². The van der Waals surface area contributed by atoms with Crippen LogP contribution in [-0.4, -0.2) is 37.4 Å². The molecule has 0 radical (unpaired) electrons. The molecule has 1 amide bonds. The Bertz CT molecular complexity index is 533. The van der Waals surface area contributed by atoms with E-state index in [4.69, 9.17) is 5.73 Å². The van der Waals surface area contributed by atoms with E-state index in [9.17, 15) is 4.79 Å². The molecule has 2 aromatic heterocycles. The smallest absolute Gasteiger partial charge is 0.271 e. The molecule has 0 fully saturated rings. The maximum Gasteiger partial charge on any atom is 0.271 e. The number of carbonyl (C=O) groups excluding carboxylic acids is 1. The van der Waals surface area contributed by atoms with Gasteiger partial charge in [-0.15, -0.1) is 10.2 Å². The number of anilines is 1. The third-order valence-electron chi connectivity index (χ3n) is 2.20. The molecule has 0 unspecified atom stereocenters. The number of carbonyl (C=O) groups is 1. The van der Waals surface area contributed by atoms with Gasteiger partial charge in [0.15, 0.2) is 11.5 Å². The lowest BCUT2D eigenvalue weighted by Crippen LogP contribution is -2.27. The highest BCUT2D eigenvalue weighted by Crippen LogP contribution is 1.97. The molecule has 0 aliphatic heterocycles. The SMILES string of the molecule is Cn1cnc(CCNC(=O)c2ccc(N)nn2)n1. The van der Waals surface area contributed by atoms with Crippen molar-refractivity contribution >= 4 is 11.7 Å². The molecule has 0 aliphatic carbocycles. The predicted molar refractivity (Wildman–Crippen MR) is 63.5 cm³/mol. The molecule has 0 saturated carbocycles. The Balaban J connectivity index is 1.83. The molecule has 3 N–H and O–H groups in total. The zero-order chi connectivity index (χ0) is 13.0. The van der Waals surface area contributed by atoms with E-state index in [2.05, 4.69) is 25.6 Å². The number of nitrogens with zero attached hydrogens (tertiary/aromatic N) is 5. The van der Waals surface area contributed by atoms with Crippen LogP contribution >= 0.6 is 0 Å². The van der Waals surface area contributed by atoms with E-state index in [1.165, 1.54) is 12.1 Å². The van der Waals surface area contributed by atoms with Gasteiger partial charge in [-0.3, -0.25) is 9.48 Å². The standard InChI is InChI=1S/C10H13N7O/c1-17-6-13-9(16-17)4-5-12-10(18)7-2-3-8(11)15-14-7/h2-3,6H,4-5H2,1H3,(H2,11,15)(H,12,18). The fourth-order valence-electron chi connectivity index (χ4n) is 1.34. The number of aromatic nitrogens is 5. The summed E-state index contributed by atoms with van der Waals surface area (Å²) in [7, 11) is 1.79. The number of nitrogens with two attached hydrogens (primary N) is 1. The topological polar surface area (TPSA) is 112 Å². The van der Waals surface area contributed by atoms with Crippen molar-refractivity contribution in [2.75, 3.05) is 12.3 Å². The lowest BCUT2D eigenvalue weighted by Gasteiger charge is -2.02. The van der Waals surface area contributed by atoms with Crippen molar-refractivity contribution in [3.8, 4) is 0 Å². The summed E-state index contributed by atoms with van der Waals surface area (Å²) in [6.07, 6.45) is 2.18. The highest BCUT2D eigenvalue weighted by molar-refractivity contribution is 5.92. The summed E-state index contributed by atoms with van der Waals surface area (Å²) >= 11 is 0. The summed E-state index contributed by atoms with van der Waals surface area (Å²) in [4.78, 5) is 15.7. The number of nitrogens with one attached hydrogen (secondary N) is 1. The van der Waals surface area contributed by atoms with E-state index < -0.39 is 0 Å². The molecule has 0 aliphatic rings. The highest BCUT2D eigenvalue weighted by atomic mass is 16.1. The molecule has 2 rings (SSSR count). The normalized spacial score (nSPS) is 10.3. The number of hydrogen-bond acceptors (Lipinski definition) is 6. The van der Waals surface area contributed by atoms with E-state index in [-0.39, 0.29) is 17.4 Å². The van der Waals surface area contributed by atoms with E-state index in [0.717, 1.165) is 0 Å². The van der Waals surface area contributed by atoms with Crippen molar-refractivity contribution in [2.45, 2.75) is 6.42 Å². The largest absolute Gasteiger partial charge is 0.382 e. The van der Waals surface area contributed by atoms with Gasteiger partial charge in [0.2, 0.25) is 0 Å². The molecule has 2 aromatic rings. The minimum absolute atomic E-state index is 0.234. The van der Waals surface area contributed by atoms with E-state index in [1.54, 1.807) is 18.1 Å². The minimum Gasteiger partial charge on any atom is -0.382 e. The molecular weight excluding hydrogens is 234 g/mol. The quantitative estimate of drug-likeness (QED) is 0.728. The van der Waals surface area contributed by atoms with E-state index >= 15 is 0 Å². The van der Waals surface area contributed by atoms with Crippen LogP contribution in [0.3, 0.4) is 0 Å². The van der Waals surface area contributed by atoms with Gasteiger partial charge in [-0.1, -0.05) is 0 Å². The third kappa shape index (κ3) is 3.00. The Kier molecular flexibility index (Phi) is 3.46. The summed E-state index contributed by atoms with van der Waals surface area (Å²) in [5, 5.41) is 14.1. The minimum atomic E-state index is -0.293. The second kappa shape index (κ2) is 5.21. The number of hydrogen-bond donors (Lipinski definition) is 2. The molecule has 0 spiro atoms. The average Bonchev–Trinajstić information content (AvgIpc) is 2.76. The zero-order valence-corrected chi connectivity index (χ0v) is 9.87. The Morgan fingerprint density at radius 3 is 2.89 bits per heavy atom. The molecule has 18 heavy (non-hydrogen) atoms. The summed E-state index contributed by atoms with van der Waals surface area (Å²) < 4.78 is 1.61. The van der Waals surface area contributed by atoms with E-state index in [1.807, 2.05) is 0 Å². The lowest BCUT2D eigenvalue weighted by atomic mass is 10.3. The Labute approximate surface area is 103 Å². The lowest BCUT2D eigenvalue weighted by molar-refractivity contribution is 0.0948. The zero-order valence-electron chi connectivity index (χ0n) is 9.87. The molecule has 0 bridgehead atoms. The number of aryl methyl sites for hydroxylation is 1. The molecule has 0 aromatic carbocycles. The van der Waals surface area contributed by atoms with Gasteiger partial charge in [0.05, 0.1) is 0 Å². The molecule has 8 nitrogen and oxygen atoms in total. The number of rotatable bonds is 4. The van der Waals surface area contributed by atoms with Crippen LogP contribution in [0.4, 0.5) is 5.82 Å².